The van der Waals surface area contributed by atoms with Crippen LogP contribution < -0.4 is 0 Å². The molecule has 98 heavy (non-hydrogen) atoms. The summed E-state index contributed by atoms with van der Waals surface area (Å²) in [6, 6.07) is 27.8. The molecule has 0 saturated carbocycles. The van der Waals surface area contributed by atoms with Crippen LogP contribution in [0.3, 0.4) is 0 Å². The standard InChI is InChI=1S/C88H116O4S6/c1-9-17-25-33-41-61-65(45-37-29-21-13-5)85-77-57-58-78(93-77)86-66(46-38-30-22-14-6)62(42-34-26-18-10-2)83(96-86)75-55-51-71(91-75)72-52-56-76(92-72)84-64(44-36-28-20-12-4)68(48-40-32-24-16-8)88(98-84)80-60-59-79(94-80)87-67(47-39-31-23-15-7)63(43-35-27-19-11-3)82(97-87)74-54-50-70(90-74)69-49-53-73(89-69)81(61)95-85/h49-60H,9-48H2,1-8H3. The number of hydrogen-bond acceptors (Lipinski definition) is 10. The van der Waals surface area contributed by atoms with Crippen molar-refractivity contribution in [2.45, 2.75) is 312 Å². The molecule has 0 aromatic carbocycles. The first kappa shape index (κ1) is 74.5. The molecule has 0 radical (unpaired) electrons. The largest absolute Gasteiger partial charge is 0.452 e. The Hall–Kier alpha value is -4.68. The van der Waals surface area contributed by atoms with Crippen LogP contribution in [0.15, 0.2) is 90.5 Å². The zero-order chi connectivity index (χ0) is 68.0. The first-order chi connectivity index (χ1) is 48.3. The number of hydrogen-bond donors (Lipinski definition) is 0. The van der Waals surface area contributed by atoms with Crippen LogP contribution in [0.25, 0.3) is 105 Å². The highest BCUT2D eigenvalue weighted by molar-refractivity contribution is 7.29. The summed E-state index contributed by atoms with van der Waals surface area (Å²) < 4.78 is 28.9. The van der Waals surface area contributed by atoms with Gasteiger partial charge in [-0.05, 0) is 220 Å². The Morgan fingerprint density at radius 2 is 0.337 bits per heavy atom. The van der Waals surface area contributed by atoms with Gasteiger partial charge in [0.2, 0.25) is 0 Å². The SMILES string of the molecule is CCCCCCc1c2sc(c1CCCCCC)-c1ccc(s1)-c1sc(c(CCCCCC)c1CCCCCC)-c1ccc(o1)-c1ccc(o1)-c1sc(c(CCCCCC)c1CCCCCC)-c1ccc(s1)-c1sc(c(CCCCCC)c1CCCCCC)-c1ccc(o1)-c1ccc-2o1. The molecule has 0 aliphatic carbocycles. The quantitative estimate of drug-likeness (QED) is 0.0359. The average Bonchev–Trinajstić information content (AvgIpc) is 1.62. The van der Waals surface area contributed by atoms with E-state index in [0.717, 1.165) is 97.4 Å². The van der Waals surface area contributed by atoms with E-state index in [-0.39, 0.29) is 0 Å². The van der Waals surface area contributed by atoms with Gasteiger partial charge in [0.1, 0.15) is 23.0 Å². The summed E-state index contributed by atoms with van der Waals surface area (Å²) >= 11 is 12.0. The Morgan fingerprint density at radius 1 is 0.173 bits per heavy atom. The van der Waals surface area contributed by atoms with Gasteiger partial charge in [0.15, 0.2) is 23.0 Å². The summed E-state index contributed by atoms with van der Waals surface area (Å²) in [5, 5.41) is 0. The predicted octanol–water partition coefficient (Wildman–Crippen LogP) is 32.4. The fourth-order valence-corrected chi connectivity index (χ4v) is 23.1. The summed E-state index contributed by atoms with van der Waals surface area (Å²) in [6.45, 7) is 18.7. The molecule has 0 atom stereocenters. The fraction of sp³-hybridized carbons (Fsp3) is 0.545. The summed E-state index contributed by atoms with van der Waals surface area (Å²) in [7, 11) is 0. The van der Waals surface area contributed by atoms with Gasteiger partial charge in [0.05, 0.1) is 19.5 Å². The maximum absolute atomic E-state index is 7.24. The van der Waals surface area contributed by atoms with Crippen LogP contribution in [0, 0.1) is 0 Å². The third-order valence-electron chi connectivity index (χ3n) is 20.6. The molecule has 10 aromatic heterocycles. The van der Waals surface area contributed by atoms with Gasteiger partial charge in [0.25, 0.3) is 0 Å². The monoisotopic (exact) mass is 1430 g/mol. The molecule has 0 spiro atoms. The van der Waals surface area contributed by atoms with Gasteiger partial charge in [-0.25, -0.2) is 0 Å². The lowest BCUT2D eigenvalue weighted by atomic mass is 9.95. The molecule has 1 aliphatic heterocycles. The van der Waals surface area contributed by atoms with Crippen LogP contribution in [0.5, 0.6) is 0 Å². The first-order valence-corrected chi connectivity index (χ1v) is 44.4. The van der Waals surface area contributed by atoms with Crippen LogP contribution in [-0.2, 0) is 51.4 Å². The highest BCUT2D eigenvalue weighted by atomic mass is 32.1. The van der Waals surface area contributed by atoms with Gasteiger partial charge in [-0.1, -0.05) is 209 Å². The van der Waals surface area contributed by atoms with Crippen molar-refractivity contribution in [3.8, 4) is 105 Å². The third kappa shape index (κ3) is 18.4. The molecule has 4 nitrogen and oxygen atoms in total. The summed E-state index contributed by atoms with van der Waals surface area (Å²) in [4.78, 5) is 16.6. The lowest BCUT2D eigenvalue weighted by Crippen LogP contribution is -1.95. The van der Waals surface area contributed by atoms with E-state index in [0.29, 0.717) is 0 Å². The van der Waals surface area contributed by atoms with Gasteiger partial charge < -0.3 is 17.7 Å². The number of rotatable bonds is 40. The van der Waals surface area contributed by atoms with Crippen LogP contribution in [0.2, 0.25) is 0 Å². The molecular formula is C88H116O4S6. The van der Waals surface area contributed by atoms with E-state index in [4.69, 9.17) is 17.7 Å². The van der Waals surface area contributed by atoms with Crippen molar-refractivity contribution in [3.05, 3.63) is 117 Å². The van der Waals surface area contributed by atoms with Gasteiger partial charge in [0, 0.05) is 39.0 Å². The Balaban J connectivity index is 1.12. The lowest BCUT2D eigenvalue weighted by Gasteiger charge is -2.10. The van der Waals surface area contributed by atoms with Crippen molar-refractivity contribution in [3.63, 3.8) is 0 Å². The van der Waals surface area contributed by atoms with E-state index in [2.05, 4.69) is 128 Å². The Kier molecular flexibility index (Phi) is 29.3. The van der Waals surface area contributed by atoms with Crippen LogP contribution >= 0.6 is 68.0 Å². The van der Waals surface area contributed by atoms with E-state index in [1.165, 1.54) is 286 Å². The maximum Gasteiger partial charge on any atom is 0.170 e. The predicted molar refractivity (Wildman–Crippen MR) is 433 cm³/mol. The van der Waals surface area contributed by atoms with Crippen LogP contribution in [0.4, 0.5) is 0 Å². The molecule has 1 aliphatic rings. The second-order valence-electron chi connectivity index (χ2n) is 28.3. The zero-order valence-corrected chi connectivity index (χ0v) is 66.2. The average molecular weight is 1430 g/mol. The zero-order valence-electron chi connectivity index (χ0n) is 61.3. The van der Waals surface area contributed by atoms with E-state index >= 15 is 0 Å². The topological polar surface area (TPSA) is 52.6 Å². The van der Waals surface area contributed by atoms with Crippen LogP contribution in [0.1, 0.15) is 305 Å². The van der Waals surface area contributed by atoms with E-state index in [9.17, 15) is 0 Å². The van der Waals surface area contributed by atoms with Crippen LogP contribution in [-0.4, -0.2) is 0 Å². The molecule has 10 heteroatoms. The fourth-order valence-electron chi connectivity index (χ4n) is 15.1. The molecule has 0 amide bonds. The molecule has 528 valence electrons. The molecule has 0 saturated heterocycles. The third-order valence-corrected chi connectivity index (χ3v) is 28.7. The minimum absolute atomic E-state index is 0.815. The van der Waals surface area contributed by atoms with Crippen molar-refractivity contribution in [1.29, 1.82) is 0 Å². The lowest BCUT2D eigenvalue weighted by molar-refractivity contribution is 0.539. The Morgan fingerprint density at radius 3 is 0.510 bits per heavy atom. The van der Waals surface area contributed by atoms with Gasteiger partial charge >= 0.3 is 0 Å². The molecular weight excluding hydrogens is 1310 g/mol. The smallest absolute Gasteiger partial charge is 0.170 e. The summed E-state index contributed by atoms with van der Waals surface area (Å²) in [6.07, 6.45) is 48.2. The molecule has 0 unspecified atom stereocenters. The van der Waals surface area contributed by atoms with Gasteiger partial charge in [-0.3, -0.25) is 0 Å². The summed E-state index contributed by atoms with van der Waals surface area (Å²) in [5.74, 6) is 7.16. The van der Waals surface area contributed by atoms with Crippen molar-refractivity contribution >= 4 is 68.0 Å². The minimum Gasteiger partial charge on any atom is -0.452 e. The Labute approximate surface area is 614 Å². The van der Waals surface area contributed by atoms with E-state index < -0.39 is 0 Å². The van der Waals surface area contributed by atoms with E-state index in [1.807, 2.05) is 68.0 Å². The van der Waals surface area contributed by atoms with Crippen molar-refractivity contribution < 1.29 is 17.7 Å². The van der Waals surface area contributed by atoms with E-state index in [1.54, 1.807) is 22.3 Å². The summed E-state index contributed by atoms with van der Waals surface area (Å²) in [5.41, 5.74) is 12.3. The highest BCUT2D eigenvalue weighted by Gasteiger charge is 2.31. The second kappa shape index (κ2) is 38.5. The van der Waals surface area contributed by atoms with Gasteiger partial charge in [-0.15, -0.1) is 68.0 Å². The number of thiophene rings is 6. The number of unbranched alkanes of at least 4 members (excludes halogenated alkanes) is 24. The Bertz CT molecular complexity index is 3480. The number of furan rings is 4. The second-order valence-corrected chi connectivity index (χ2v) is 34.6. The molecule has 0 fully saturated rings. The molecule has 20 bridgehead atoms. The van der Waals surface area contributed by atoms with Crippen molar-refractivity contribution in [2.75, 3.05) is 0 Å². The number of fused-ring (bicyclic) bond motifs is 30. The van der Waals surface area contributed by atoms with Crippen molar-refractivity contribution in [2.24, 2.45) is 0 Å². The normalized spacial score (nSPS) is 12.1. The first-order valence-electron chi connectivity index (χ1n) is 39.5. The van der Waals surface area contributed by atoms with Gasteiger partial charge in [-0.2, -0.15) is 0 Å². The molecule has 11 heterocycles. The molecule has 11 rings (SSSR count). The molecule has 10 aromatic rings. The highest BCUT2D eigenvalue weighted by Crippen LogP contribution is 2.55. The maximum atomic E-state index is 7.24. The molecule has 0 N–H and O–H groups in total. The minimum atomic E-state index is 0.815. The van der Waals surface area contributed by atoms with Crippen molar-refractivity contribution in [1.82, 2.24) is 0 Å².